The maximum atomic E-state index is 2.15. The minimum atomic E-state index is 0. The van der Waals surface area contributed by atoms with Crippen molar-refractivity contribution in [3.8, 4) is 0 Å². The number of rotatable bonds is 0. The van der Waals surface area contributed by atoms with Gasteiger partial charge in [0.05, 0.1) is 0 Å². The predicted octanol–water partition coefficient (Wildman–Crippen LogP) is -2.61. The van der Waals surface area contributed by atoms with E-state index in [-0.39, 0.29) is 52.8 Å². The standard InChI is InChI=1S/C4H10Si.K.H/c1-3-4(2)5;;/h3H,1-2,5H3;;/q;+1;-1. The second-order valence-electron chi connectivity index (χ2n) is 1.37. The summed E-state index contributed by atoms with van der Waals surface area (Å²) < 4.78 is 0. The van der Waals surface area contributed by atoms with Gasteiger partial charge >= 0.3 is 51.4 Å². The van der Waals surface area contributed by atoms with Crippen molar-refractivity contribution in [3.05, 3.63) is 11.3 Å². The maximum absolute atomic E-state index is 2.15. The molecule has 0 atom stereocenters. The van der Waals surface area contributed by atoms with Gasteiger partial charge in [-0.25, -0.2) is 0 Å². The molecule has 0 N–H and O–H groups in total. The SMILES string of the molecule is CC=C(C)[SiH3].[H-].[K+]. The quantitative estimate of drug-likeness (QED) is 0.312. The van der Waals surface area contributed by atoms with Crippen LogP contribution >= 0.6 is 0 Å². The Labute approximate surface area is 86.7 Å². The molecule has 32 valence electrons. The molecule has 0 spiro atoms. The molecule has 0 heterocycles. The summed E-state index contributed by atoms with van der Waals surface area (Å²) in [5, 5.41) is 1.52. The van der Waals surface area contributed by atoms with Crippen LogP contribution in [-0.2, 0) is 0 Å². The normalized spacial score (nSPS) is 10.7. The second kappa shape index (κ2) is 6.59. The summed E-state index contributed by atoms with van der Waals surface area (Å²) in [4.78, 5) is 0. The third-order valence-electron chi connectivity index (χ3n) is 0.577. The fraction of sp³-hybridized carbons (Fsp3) is 0.500. The van der Waals surface area contributed by atoms with Crippen LogP contribution in [0.25, 0.3) is 0 Å². The Morgan fingerprint density at radius 1 is 1.83 bits per heavy atom. The largest absolute Gasteiger partial charge is 1.00 e. The summed E-state index contributed by atoms with van der Waals surface area (Å²) >= 11 is 0. The summed E-state index contributed by atoms with van der Waals surface area (Å²) in [5.74, 6) is 0. The van der Waals surface area contributed by atoms with Crippen molar-refractivity contribution in [2.24, 2.45) is 0 Å². The van der Waals surface area contributed by atoms with Crippen molar-refractivity contribution in [3.63, 3.8) is 0 Å². The van der Waals surface area contributed by atoms with Gasteiger partial charge in [-0.15, -0.1) is 0 Å². The molecule has 0 nitrogen and oxygen atoms in total. The zero-order chi connectivity index (χ0) is 4.28. The average molecular weight is 126 g/mol. The van der Waals surface area contributed by atoms with E-state index in [4.69, 9.17) is 0 Å². The van der Waals surface area contributed by atoms with Crippen LogP contribution in [0.3, 0.4) is 0 Å². The number of allylic oxidation sites excluding steroid dienone is 2. The third kappa shape index (κ3) is 9.14. The molecule has 0 radical (unpaired) electrons. The van der Waals surface area contributed by atoms with Crippen LogP contribution in [0.1, 0.15) is 15.3 Å². The van der Waals surface area contributed by atoms with Crippen molar-refractivity contribution >= 4 is 10.2 Å². The molecule has 6 heavy (non-hydrogen) atoms. The molecular weight excluding hydrogens is 115 g/mol. The Balaban J connectivity index is -0.0000000800. The molecule has 0 saturated carbocycles. The van der Waals surface area contributed by atoms with Crippen LogP contribution in [0.4, 0.5) is 0 Å². The van der Waals surface area contributed by atoms with Crippen molar-refractivity contribution < 1.29 is 52.8 Å². The van der Waals surface area contributed by atoms with Gasteiger partial charge in [0.1, 0.15) is 0 Å². The molecule has 2 heteroatoms. The van der Waals surface area contributed by atoms with Crippen molar-refractivity contribution in [1.29, 1.82) is 0 Å². The van der Waals surface area contributed by atoms with Crippen LogP contribution < -0.4 is 51.4 Å². The van der Waals surface area contributed by atoms with Gasteiger partial charge in [0.15, 0.2) is 0 Å². The molecule has 0 aliphatic carbocycles. The van der Waals surface area contributed by atoms with Crippen LogP contribution in [-0.4, -0.2) is 10.2 Å². The van der Waals surface area contributed by atoms with Crippen LogP contribution in [0.2, 0.25) is 0 Å². The van der Waals surface area contributed by atoms with E-state index < -0.39 is 0 Å². The van der Waals surface area contributed by atoms with Gasteiger partial charge in [-0.2, -0.15) is 0 Å². The molecular formula is C4H11KSi. The van der Waals surface area contributed by atoms with E-state index in [1.54, 1.807) is 0 Å². The van der Waals surface area contributed by atoms with Gasteiger partial charge in [-0.3, -0.25) is 0 Å². The summed E-state index contributed by atoms with van der Waals surface area (Å²) in [6.45, 7) is 4.22. The third-order valence-corrected chi connectivity index (χ3v) is 1.15. The van der Waals surface area contributed by atoms with E-state index in [0.717, 1.165) is 0 Å². The Morgan fingerprint density at radius 3 is 2.00 bits per heavy atom. The molecule has 0 fully saturated rings. The van der Waals surface area contributed by atoms with Gasteiger partial charge in [-0.05, 0) is 13.8 Å². The predicted molar refractivity (Wildman–Crippen MR) is 30.5 cm³/mol. The summed E-state index contributed by atoms with van der Waals surface area (Å²) in [5.41, 5.74) is 0. The van der Waals surface area contributed by atoms with E-state index in [2.05, 4.69) is 19.9 Å². The van der Waals surface area contributed by atoms with Crippen LogP contribution in [0.15, 0.2) is 11.3 Å². The summed E-state index contributed by atoms with van der Waals surface area (Å²) in [6.07, 6.45) is 2.15. The maximum Gasteiger partial charge on any atom is 1.00 e. The van der Waals surface area contributed by atoms with E-state index in [1.807, 2.05) is 0 Å². The zero-order valence-electron chi connectivity index (χ0n) is 6.08. The van der Waals surface area contributed by atoms with Gasteiger partial charge in [-0.1, -0.05) is 11.3 Å². The first-order valence-corrected chi connectivity index (χ1v) is 2.87. The number of hydrogen-bond acceptors (Lipinski definition) is 0. The number of hydrogen-bond donors (Lipinski definition) is 0. The van der Waals surface area contributed by atoms with Crippen molar-refractivity contribution in [2.75, 3.05) is 0 Å². The van der Waals surface area contributed by atoms with Crippen molar-refractivity contribution in [1.82, 2.24) is 0 Å². The molecule has 0 aliphatic rings. The average Bonchev–Trinajstić information content (AvgIpc) is 1.38. The Bertz CT molecular complexity index is 49.7. The molecule has 0 aromatic heterocycles. The summed E-state index contributed by atoms with van der Waals surface area (Å²) in [6, 6.07) is 0. The van der Waals surface area contributed by atoms with Gasteiger partial charge in [0.25, 0.3) is 0 Å². The van der Waals surface area contributed by atoms with Gasteiger partial charge < -0.3 is 1.43 Å². The molecule has 0 aromatic rings. The molecule has 0 aromatic carbocycles. The topological polar surface area (TPSA) is 0 Å². The fourth-order valence-corrected chi connectivity index (χ4v) is 0. The molecule has 0 aliphatic heterocycles. The first-order valence-electron chi connectivity index (χ1n) is 1.87. The van der Waals surface area contributed by atoms with Gasteiger partial charge in [0, 0.05) is 10.2 Å². The Kier molecular flexibility index (Phi) is 11.6. The van der Waals surface area contributed by atoms with Gasteiger partial charge in [0.2, 0.25) is 0 Å². The monoisotopic (exact) mass is 126 g/mol. The first-order chi connectivity index (χ1) is 2.27. The Morgan fingerprint density at radius 2 is 2.00 bits per heavy atom. The minimum Gasteiger partial charge on any atom is -1.00 e. The molecule has 0 rings (SSSR count). The smallest absolute Gasteiger partial charge is 1.00 e. The van der Waals surface area contributed by atoms with E-state index in [9.17, 15) is 0 Å². The zero-order valence-corrected chi connectivity index (χ0v) is 10.2. The summed E-state index contributed by atoms with van der Waals surface area (Å²) in [7, 11) is 1.23. The van der Waals surface area contributed by atoms with Crippen LogP contribution in [0.5, 0.6) is 0 Å². The molecule has 0 unspecified atom stereocenters. The van der Waals surface area contributed by atoms with E-state index in [1.165, 1.54) is 15.4 Å². The van der Waals surface area contributed by atoms with E-state index >= 15 is 0 Å². The van der Waals surface area contributed by atoms with Crippen molar-refractivity contribution in [2.45, 2.75) is 13.8 Å². The van der Waals surface area contributed by atoms with E-state index in [0.29, 0.717) is 0 Å². The molecule has 0 bridgehead atoms. The minimum absolute atomic E-state index is 0. The van der Waals surface area contributed by atoms with Crippen LogP contribution in [0, 0.1) is 0 Å². The fourth-order valence-electron chi connectivity index (χ4n) is 0. The first kappa shape index (κ1) is 10.6. The Hall–Kier alpha value is 1.59. The molecule has 0 saturated heterocycles. The molecule has 0 amide bonds. The second-order valence-corrected chi connectivity index (χ2v) is 2.94.